The highest BCUT2D eigenvalue weighted by atomic mass is 35.5. The summed E-state index contributed by atoms with van der Waals surface area (Å²) >= 11 is 6.17. The van der Waals surface area contributed by atoms with Crippen molar-refractivity contribution in [3.8, 4) is 51.4 Å². The number of carbonyl (C=O) groups excluding carboxylic acids is 2. The van der Waals surface area contributed by atoms with Crippen molar-refractivity contribution < 1.29 is 38.7 Å². The molecule has 0 spiro atoms. The van der Waals surface area contributed by atoms with Crippen molar-refractivity contribution >= 4 is 23.5 Å². The Morgan fingerprint density at radius 3 is 1.56 bits per heavy atom. The third kappa shape index (κ3) is 17.6. The van der Waals surface area contributed by atoms with E-state index in [-0.39, 0.29) is 35.1 Å². The molecule has 0 saturated carbocycles. The molecule has 320 valence electrons. The monoisotopic (exact) mass is 831 g/mol. The summed E-state index contributed by atoms with van der Waals surface area (Å²) in [6, 6.07) is 17.5. The van der Waals surface area contributed by atoms with Gasteiger partial charge in [-0.3, -0.25) is 9.59 Å². The molecule has 0 saturated heterocycles. The lowest BCUT2D eigenvalue weighted by Gasteiger charge is -2.12. The first-order valence-corrected chi connectivity index (χ1v) is 21.8. The molecule has 0 fully saturated rings. The number of rotatable bonds is 29. The number of halogens is 1. The molecule has 0 aliphatic carbocycles. The number of phenolic OH excluding ortho intramolecular Hbond substituents is 2. The summed E-state index contributed by atoms with van der Waals surface area (Å²) in [4.78, 5) is 37.0. The molecular weight excluding hydrogens is 770 g/mol. The number of hydrogen-bond donors (Lipinski definition) is 2. The summed E-state index contributed by atoms with van der Waals surface area (Å²) in [6.07, 6.45) is 16.8. The molecule has 0 aliphatic rings. The minimum absolute atomic E-state index is 0.00673. The highest BCUT2D eigenvalue weighted by Gasteiger charge is 2.18. The summed E-state index contributed by atoms with van der Waals surface area (Å²) < 4.78 is 21.8. The zero-order valence-corrected chi connectivity index (χ0v) is 35.6. The molecule has 1 aromatic heterocycles. The Hall–Kier alpha value is -4.74. The Morgan fingerprint density at radius 2 is 1.03 bits per heavy atom. The summed E-state index contributed by atoms with van der Waals surface area (Å²) in [7, 11) is 0. The van der Waals surface area contributed by atoms with Crippen molar-refractivity contribution in [2.45, 2.75) is 130 Å². The van der Waals surface area contributed by atoms with Crippen LogP contribution in [0.5, 0.6) is 17.2 Å². The Morgan fingerprint density at radius 1 is 0.559 bits per heavy atom. The van der Waals surface area contributed by atoms with E-state index in [1.807, 2.05) is 32.0 Å². The Balaban J connectivity index is 1.28. The minimum atomic E-state index is -0.108. The molecule has 0 atom stereocenters. The van der Waals surface area contributed by atoms with Crippen LogP contribution in [0.2, 0.25) is 5.02 Å². The predicted octanol–water partition coefficient (Wildman–Crippen LogP) is 11.6. The maximum atomic E-state index is 11.4. The van der Waals surface area contributed by atoms with Crippen LogP contribution in [-0.2, 0) is 30.4 Å². The quantitative estimate of drug-likeness (QED) is 0.0397. The third-order valence-electron chi connectivity index (χ3n) is 9.84. The molecule has 0 unspecified atom stereocenters. The highest BCUT2D eigenvalue weighted by molar-refractivity contribution is 6.30. The van der Waals surface area contributed by atoms with E-state index in [2.05, 4.69) is 0 Å². The van der Waals surface area contributed by atoms with E-state index in [9.17, 15) is 19.8 Å². The molecule has 3 aromatic carbocycles. The maximum absolute atomic E-state index is 11.4. The Kier molecular flexibility index (Phi) is 21.6. The van der Waals surface area contributed by atoms with Gasteiger partial charge in [0.15, 0.2) is 17.5 Å². The molecule has 11 nitrogen and oxygen atoms in total. The smallest absolute Gasteiger partial charge is 0.305 e. The van der Waals surface area contributed by atoms with Crippen LogP contribution < -0.4 is 4.74 Å². The summed E-state index contributed by atoms with van der Waals surface area (Å²) in [5.74, 6) is 1.17. The molecule has 0 aliphatic heterocycles. The van der Waals surface area contributed by atoms with Crippen molar-refractivity contribution in [2.75, 3.05) is 26.4 Å². The molecule has 1 heterocycles. The number of unbranched alkanes of at least 4 members (excludes halogenated alkanes) is 13. The highest BCUT2D eigenvalue weighted by Crippen LogP contribution is 2.35. The van der Waals surface area contributed by atoms with Crippen LogP contribution in [0.1, 0.15) is 129 Å². The van der Waals surface area contributed by atoms with Gasteiger partial charge in [-0.05, 0) is 93.6 Å². The molecule has 4 aromatic rings. The molecule has 4 rings (SSSR count). The third-order valence-corrected chi connectivity index (χ3v) is 10.1. The van der Waals surface area contributed by atoms with E-state index in [0.29, 0.717) is 79.2 Å². The number of aromatic hydroxyl groups is 2. The second kappa shape index (κ2) is 27.1. The van der Waals surface area contributed by atoms with E-state index < -0.39 is 0 Å². The Labute approximate surface area is 354 Å². The van der Waals surface area contributed by atoms with E-state index in [1.54, 1.807) is 42.5 Å². The predicted molar refractivity (Wildman–Crippen MR) is 231 cm³/mol. The molecule has 12 heteroatoms. The molecule has 0 bridgehead atoms. The zero-order valence-electron chi connectivity index (χ0n) is 34.9. The number of nitrogens with zero attached hydrogens (tertiary/aromatic N) is 3. The second-order valence-corrected chi connectivity index (χ2v) is 15.1. The van der Waals surface area contributed by atoms with Gasteiger partial charge >= 0.3 is 11.9 Å². The SMILES string of the molecule is CCOC(=O)CCCCCCCCCCOc1ccc(-c2nc(-c3ccc(Cl)cc3)nc(-c3ccc(COCCCCCCCCCC(=O)OCC)cc3O)n2)c(O)c1. The number of esters is 2. The van der Waals surface area contributed by atoms with Crippen molar-refractivity contribution in [2.24, 2.45) is 0 Å². The van der Waals surface area contributed by atoms with Gasteiger partial charge in [0.25, 0.3) is 0 Å². The van der Waals surface area contributed by atoms with Crippen LogP contribution in [-0.4, -0.2) is 63.5 Å². The van der Waals surface area contributed by atoms with Gasteiger partial charge in [-0.2, -0.15) is 0 Å². The number of ether oxygens (including phenoxy) is 4. The lowest BCUT2D eigenvalue weighted by molar-refractivity contribution is -0.144. The van der Waals surface area contributed by atoms with Gasteiger partial charge in [0, 0.05) is 36.1 Å². The molecular formula is C47H62ClN3O8. The fourth-order valence-corrected chi connectivity index (χ4v) is 6.75. The fourth-order valence-electron chi connectivity index (χ4n) is 6.63. The first kappa shape index (κ1) is 46.9. The first-order chi connectivity index (χ1) is 28.8. The van der Waals surface area contributed by atoms with Crippen molar-refractivity contribution in [3.63, 3.8) is 0 Å². The fraction of sp³-hybridized carbons (Fsp3) is 0.511. The van der Waals surface area contributed by atoms with Gasteiger partial charge in [-0.1, -0.05) is 88.3 Å². The van der Waals surface area contributed by atoms with Gasteiger partial charge < -0.3 is 29.2 Å². The lowest BCUT2D eigenvalue weighted by atomic mass is 10.1. The van der Waals surface area contributed by atoms with Gasteiger partial charge in [0.2, 0.25) is 0 Å². The normalized spacial score (nSPS) is 11.1. The van der Waals surface area contributed by atoms with Crippen molar-refractivity contribution in [3.05, 3.63) is 71.2 Å². The first-order valence-electron chi connectivity index (χ1n) is 21.5. The van der Waals surface area contributed by atoms with Gasteiger partial charge in [0.1, 0.15) is 17.2 Å². The second-order valence-electron chi connectivity index (χ2n) is 14.7. The van der Waals surface area contributed by atoms with Gasteiger partial charge in [0.05, 0.1) is 37.6 Å². The van der Waals surface area contributed by atoms with Gasteiger partial charge in [-0.25, -0.2) is 15.0 Å². The average Bonchev–Trinajstić information content (AvgIpc) is 3.22. The standard InChI is InChI=1S/C47H62ClN3O8/c1-3-57-43(54)20-16-12-8-5-6-11-15-19-31-59-38-27-29-40(42(53)33-38)47-50-45(36-23-25-37(48)26-24-36)49-46(51-47)39-28-22-35(32-41(39)52)34-56-30-18-14-10-7-9-13-17-21-44(55)58-4-2/h22-29,32-33,52-53H,3-21,30-31,34H2,1-2H3. The van der Waals surface area contributed by atoms with Crippen LogP contribution in [0.25, 0.3) is 34.2 Å². The van der Waals surface area contributed by atoms with Crippen LogP contribution in [0.4, 0.5) is 0 Å². The van der Waals surface area contributed by atoms with Crippen molar-refractivity contribution in [1.29, 1.82) is 0 Å². The van der Waals surface area contributed by atoms with Crippen molar-refractivity contribution in [1.82, 2.24) is 15.0 Å². The minimum Gasteiger partial charge on any atom is -0.507 e. The summed E-state index contributed by atoms with van der Waals surface area (Å²) in [5.41, 5.74) is 2.35. The topological polar surface area (TPSA) is 150 Å². The van der Waals surface area contributed by atoms with E-state index in [0.717, 1.165) is 102 Å². The number of hydrogen-bond acceptors (Lipinski definition) is 11. The maximum Gasteiger partial charge on any atom is 0.305 e. The molecule has 0 radical (unpaired) electrons. The van der Waals surface area contributed by atoms with Crippen LogP contribution in [0, 0.1) is 0 Å². The van der Waals surface area contributed by atoms with Crippen LogP contribution >= 0.6 is 11.6 Å². The van der Waals surface area contributed by atoms with E-state index in [1.165, 1.54) is 0 Å². The molecule has 2 N–H and O–H groups in total. The number of aromatic nitrogens is 3. The molecule has 0 amide bonds. The van der Waals surface area contributed by atoms with E-state index >= 15 is 0 Å². The number of phenols is 2. The number of benzene rings is 3. The zero-order chi connectivity index (χ0) is 42.1. The largest absolute Gasteiger partial charge is 0.507 e. The number of carbonyl (C=O) groups is 2. The molecule has 59 heavy (non-hydrogen) atoms. The lowest BCUT2D eigenvalue weighted by Crippen LogP contribution is -2.03. The van der Waals surface area contributed by atoms with Crippen LogP contribution in [0.15, 0.2) is 60.7 Å². The Bertz CT molecular complexity index is 1750. The average molecular weight is 832 g/mol. The van der Waals surface area contributed by atoms with Crippen LogP contribution in [0.3, 0.4) is 0 Å². The van der Waals surface area contributed by atoms with Gasteiger partial charge in [-0.15, -0.1) is 0 Å². The summed E-state index contributed by atoms with van der Waals surface area (Å²) in [6.45, 7) is 6.07. The summed E-state index contributed by atoms with van der Waals surface area (Å²) in [5, 5.41) is 22.9. The van der Waals surface area contributed by atoms with E-state index in [4.69, 9.17) is 45.5 Å².